The molecule has 1 aromatic rings. The summed E-state index contributed by atoms with van der Waals surface area (Å²) in [7, 11) is -3.29. The molecule has 21 heavy (non-hydrogen) atoms. The maximum atomic E-state index is 12.6. The fourth-order valence-electron chi connectivity index (χ4n) is 3.17. The van der Waals surface area contributed by atoms with E-state index in [2.05, 4.69) is 9.97 Å². The van der Waals surface area contributed by atoms with E-state index >= 15 is 0 Å². The summed E-state index contributed by atoms with van der Waals surface area (Å²) in [6, 6.07) is 1.94. The Labute approximate surface area is 126 Å². The van der Waals surface area contributed by atoms with Gasteiger partial charge in [-0.15, -0.1) is 0 Å². The minimum atomic E-state index is -3.29. The zero-order valence-corrected chi connectivity index (χ0v) is 13.4. The molecule has 0 spiro atoms. The van der Waals surface area contributed by atoms with Crippen molar-refractivity contribution in [2.45, 2.75) is 39.0 Å². The Morgan fingerprint density at radius 3 is 2.29 bits per heavy atom. The van der Waals surface area contributed by atoms with Crippen molar-refractivity contribution in [3.05, 3.63) is 23.3 Å². The Hall–Kier alpha value is -1.05. The summed E-state index contributed by atoms with van der Waals surface area (Å²) < 4.78 is 28.3. The molecule has 2 saturated heterocycles. The van der Waals surface area contributed by atoms with Gasteiger partial charge in [-0.05, 0) is 39.2 Å². The zero-order valence-electron chi connectivity index (χ0n) is 12.6. The summed E-state index contributed by atoms with van der Waals surface area (Å²) in [5.41, 5.74) is 1.89. The average molecular weight is 310 g/mol. The molecular formula is C14H22N4O2S. The van der Waals surface area contributed by atoms with Gasteiger partial charge in [-0.25, -0.2) is 9.97 Å². The van der Waals surface area contributed by atoms with Crippen LogP contribution in [0.5, 0.6) is 0 Å². The Bertz CT molecular complexity index is 606. The van der Waals surface area contributed by atoms with E-state index in [1.807, 2.05) is 19.9 Å². The van der Waals surface area contributed by atoms with Crippen LogP contribution >= 0.6 is 0 Å². The average Bonchev–Trinajstić information content (AvgIpc) is 3.10. The molecule has 2 aliphatic rings. The van der Waals surface area contributed by atoms with Crippen LogP contribution in [0.1, 0.15) is 42.4 Å². The van der Waals surface area contributed by atoms with Crippen molar-refractivity contribution in [1.82, 2.24) is 18.6 Å². The molecule has 0 saturated carbocycles. The summed E-state index contributed by atoms with van der Waals surface area (Å²) in [4.78, 5) is 8.97. The Morgan fingerprint density at radius 1 is 1.05 bits per heavy atom. The molecule has 7 heteroatoms. The molecular weight excluding hydrogens is 288 g/mol. The second-order valence-electron chi connectivity index (χ2n) is 5.97. The number of nitrogens with zero attached hydrogens (tertiary/aromatic N) is 4. The van der Waals surface area contributed by atoms with Gasteiger partial charge in [-0.1, -0.05) is 0 Å². The summed E-state index contributed by atoms with van der Waals surface area (Å²) in [5, 5.41) is 0. The quantitative estimate of drug-likeness (QED) is 0.842. The molecule has 116 valence electrons. The highest BCUT2D eigenvalue weighted by atomic mass is 32.2. The lowest BCUT2D eigenvalue weighted by atomic mass is 10.1. The highest BCUT2D eigenvalue weighted by molar-refractivity contribution is 7.86. The van der Waals surface area contributed by atoms with Crippen LogP contribution in [0.2, 0.25) is 0 Å². The van der Waals surface area contributed by atoms with Gasteiger partial charge in [-0.3, -0.25) is 0 Å². The third-order valence-electron chi connectivity index (χ3n) is 4.23. The van der Waals surface area contributed by atoms with Crippen LogP contribution in [0.4, 0.5) is 0 Å². The fraction of sp³-hybridized carbons (Fsp3) is 0.714. The minimum Gasteiger partial charge on any atom is -0.238 e. The lowest BCUT2D eigenvalue weighted by Gasteiger charge is -2.23. The topological polar surface area (TPSA) is 66.4 Å². The van der Waals surface area contributed by atoms with Gasteiger partial charge in [0.15, 0.2) is 0 Å². The molecule has 0 bridgehead atoms. The SMILES string of the molecule is Cc1cc(C)nc(C2CCN(S(=O)(=O)N3CCCC3)C2)n1. The summed E-state index contributed by atoms with van der Waals surface area (Å²) in [6.45, 7) is 6.28. The van der Waals surface area contributed by atoms with Crippen molar-refractivity contribution in [2.75, 3.05) is 26.2 Å². The first-order valence-electron chi connectivity index (χ1n) is 7.54. The third kappa shape index (κ3) is 2.95. The summed E-state index contributed by atoms with van der Waals surface area (Å²) in [6.07, 6.45) is 2.74. The monoisotopic (exact) mass is 310 g/mol. The van der Waals surface area contributed by atoms with Crippen LogP contribution < -0.4 is 0 Å². The molecule has 6 nitrogen and oxygen atoms in total. The van der Waals surface area contributed by atoms with Gasteiger partial charge in [0.1, 0.15) is 5.82 Å². The second-order valence-corrected chi connectivity index (χ2v) is 7.89. The van der Waals surface area contributed by atoms with E-state index in [0.717, 1.165) is 36.5 Å². The van der Waals surface area contributed by atoms with E-state index < -0.39 is 10.2 Å². The summed E-state index contributed by atoms with van der Waals surface area (Å²) >= 11 is 0. The highest BCUT2D eigenvalue weighted by Gasteiger charge is 2.37. The van der Waals surface area contributed by atoms with E-state index in [4.69, 9.17) is 0 Å². The van der Waals surface area contributed by atoms with E-state index in [0.29, 0.717) is 26.2 Å². The maximum Gasteiger partial charge on any atom is 0.281 e. The second kappa shape index (κ2) is 5.62. The molecule has 1 aromatic heterocycles. The van der Waals surface area contributed by atoms with E-state index in [1.165, 1.54) is 0 Å². The van der Waals surface area contributed by atoms with Crippen molar-refractivity contribution < 1.29 is 8.42 Å². The van der Waals surface area contributed by atoms with Crippen molar-refractivity contribution in [3.63, 3.8) is 0 Å². The molecule has 0 amide bonds. The molecule has 2 aliphatic heterocycles. The predicted molar refractivity (Wildman–Crippen MR) is 80.2 cm³/mol. The van der Waals surface area contributed by atoms with Gasteiger partial charge < -0.3 is 0 Å². The Morgan fingerprint density at radius 2 is 1.67 bits per heavy atom. The van der Waals surface area contributed by atoms with E-state index in [-0.39, 0.29) is 5.92 Å². The highest BCUT2D eigenvalue weighted by Crippen LogP contribution is 2.29. The van der Waals surface area contributed by atoms with Crippen LogP contribution in [0.25, 0.3) is 0 Å². The van der Waals surface area contributed by atoms with Gasteiger partial charge in [0.2, 0.25) is 0 Å². The van der Waals surface area contributed by atoms with Crippen LogP contribution in [-0.2, 0) is 10.2 Å². The fourth-order valence-corrected chi connectivity index (χ4v) is 4.92. The zero-order chi connectivity index (χ0) is 15.0. The van der Waals surface area contributed by atoms with Crippen LogP contribution in [0.15, 0.2) is 6.07 Å². The van der Waals surface area contributed by atoms with Gasteiger partial charge >= 0.3 is 0 Å². The van der Waals surface area contributed by atoms with Crippen molar-refractivity contribution in [1.29, 1.82) is 0 Å². The summed E-state index contributed by atoms with van der Waals surface area (Å²) in [5.74, 6) is 0.896. The normalized spacial score (nSPS) is 24.8. The third-order valence-corrected chi connectivity index (χ3v) is 6.24. The Kier molecular flexibility index (Phi) is 3.98. The van der Waals surface area contributed by atoms with E-state index in [1.54, 1.807) is 8.61 Å². The van der Waals surface area contributed by atoms with Gasteiger partial charge in [0, 0.05) is 43.5 Å². The number of hydrogen-bond donors (Lipinski definition) is 0. The van der Waals surface area contributed by atoms with Gasteiger partial charge in [0.05, 0.1) is 0 Å². The molecule has 0 N–H and O–H groups in total. The molecule has 2 fully saturated rings. The number of hydrogen-bond acceptors (Lipinski definition) is 4. The maximum absolute atomic E-state index is 12.6. The Balaban J connectivity index is 1.76. The predicted octanol–water partition coefficient (Wildman–Crippen LogP) is 1.22. The number of aryl methyl sites for hydroxylation is 2. The van der Waals surface area contributed by atoms with Crippen LogP contribution in [0.3, 0.4) is 0 Å². The lowest BCUT2D eigenvalue weighted by molar-refractivity contribution is 0.395. The molecule has 0 aliphatic carbocycles. The van der Waals surface area contributed by atoms with Crippen LogP contribution in [-0.4, -0.2) is 53.2 Å². The molecule has 1 unspecified atom stereocenters. The van der Waals surface area contributed by atoms with Gasteiger partial charge in [-0.2, -0.15) is 17.0 Å². The van der Waals surface area contributed by atoms with Crippen molar-refractivity contribution in [2.24, 2.45) is 0 Å². The molecule has 3 rings (SSSR count). The first-order valence-corrected chi connectivity index (χ1v) is 8.94. The molecule has 0 aromatic carbocycles. The van der Waals surface area contributed by atoms with Gasteiger partial charge in [0.25, 0.3) is 10.2 Å². The first kappa shape index (κ1) is 14.9. The molecule has 1 atom stereocenters. The lowest BCUT2D eigenvalue weighted by Crippen LogP contribution is -2.41. The smallest absolute Gasteiger partial charge is 0.238 e. The molecule has 3 heterocycles. The largest absolute Gasteiger partial charge is 0.281 e. The molecule has 0 radical (unpaired) electrons. The first-order chi connectivity index (χ1) is 9.96. The number of rotatable bonds is 3. The van der Waals surface area contributed by atoms with Crippen LogP contribution in [0, 0.1) is 13.8 Å². The van der Waals surface area contributed by atoms with Crippen molar-refractivity contribution in [3.8, 4) is 0 Å². The number of aromatic nitrogens is 2. The minimum absolute atomic E-state index is 0.112. The standard InChI is InChI=1S/C14H22N4O2S/c1-11-9-12(2)16-14(15-11)13-5-8-18(10-13)21(19,20)17-6-3-4-7-17/h9,13H,3-8,10H2,1-2H3. The van der Waals surface area contributed by atoms with Crippen molar-refractivity contribution >= 4 is 10.2 Å². The van der Waals surface area contributed by atoms with E-state index in [9.17, 15) is 8.42 Å².